The first kappa shape index (κ1) is 49.7. The third-order valence-corrected chi connectivity index (χ3v) is 36.2. The third-order valence-electron chi connectivity index (χ3n) is 8.91. The van der Waals surface area contributed by atoms with E-state index in [0.717, 1.165) is 0 Å². The largest absolute Gasteiger partial charge is 0.500 e. The second-order valence-electron chi connectivity index (χ2n) is 13.2. The van der Waals surface area contributed by atoms with Crippen LogP contribution in [0.1, 0.15) is 25.7 Å². The molecule has 1 rings (SSSR count). The van der Waals surface area contributed by atoms with Crippen LogP contribution in [0.5, 0.6) is 0 Å². The van der Waals surface area contributed by atoms with Gasteiger partial charge in [0.15, 0.2) is 0 Å². The highest BCUT2D eigenvalue weighted by atomic mass is 28.5. The summed E-state index contributed by atoms with van der Waals surface area (Å²) in [4.78, 5) is 0. The lowest BCUT2D eigenvalue weighted by Crippen LogP contribution is -2.68. The molecule has 0 bridgehead atoms. The Morgan fingerprint density at radius 1 is 0.431 bits per heavy atom. The highest BCUT2D eigenvalue weighted by Gasteiger charge is 2.60. The van der Waals surface area contributed by atoms with Gasteiger partial charge in [-0.1, -0.05) is 0 Å². The van der Waals surface area contributed by atoms with Gasteiger partial charge in [0.1, 0.15) is 6.42 Å². The highest BCUT2D eigenvalue weighted by molar-refractivity contribution is 6.94. The molecule has 0 spiro atoms. The van der Waals surface area contributed by atoms with Gasteiger partial charge in [-0.3, -0.25) is 0 Å². The van der Waals surface area contributed by atoms with Crippen LogP contribution in [0.15, 0.2) is 0 Å². The average Bonchev–Trinajstić information content (AvgIpc) is 3.01. The normalized spacial score (nSPS) is 27.4. The first-order valence-electron chi connectivity index (χ1n) is 16.6. The Morgan fingerprint density at radius 2 is 0.667 bits per heavy atom. The van der Waals surface area contributed by atoms with Crippen molar-refractivity contribution in [3.63, 3.8) is 0 Å². The Balaban J connectivity index is 3.70. The zero-order valence-electron chi connectivity index (χ0n) is 32.5. The van der Waals surface area contributed by atoms with Crippen molar-refractivity contribution in [2.45, 2.75) is 106 Å². The van der Waals surface area contributed by atoms with Gasteiger partial charge < -0.3 is 56.3 Å². The summed E-state index contributed by atoms with van der Waals surface area (Å²) in [6.07, 6.45) is -6.10. The van der Waals surface area contributed by atoms with Gasteiger partial charge in [0, 0.05) is 82.1 Å². The molecule has 0 aromatic carbocycles. The van der Waals surface area contributed by atoms with Crippen LogP contribution in [0.3, 0.4) is 0 Å². The molecule has 13 nitrogen and oxygen atoms in total. The summed E-state index contributed by atoms with van der Waals surface area (Å²) in [5, 5.41) is 0. The van der Waals surface area contributed by atoms with Crippen molar-refractivity contribution >= 4 is 60.7 Å². The molecule has 0 N–H and O–H groups in total. The molecule has 0 aromatic heterocycles. The first-order valence-corrected chi connectivity index (χ1v) is 32.5. The molecule has 2 atom stereocenters. The fourth-order valence-electron chi connectivity index (χ4n) is 6.66. The summed E-state index contributed by atoms with van der Waals surface area (Å²) < 4.78 is 148. The fraction of sp³-hybridized carbons (Fsp3) is 1.00. The van der Waals surface area contributed by atoms with Crippen molar-refractivity contribution in [2.75, 3.05) is 64.0 Å². The van der Waals surface area contributed by atoms with Crippen LogP contribution in [0.4, 0.5) is 22.0 Å². The molecule has 1 heterocycles. The Bertz CT molecular complexity index is 964. The minimum Gasteiger partial charge on any atom is -0.416 e. The molecule has 51 heavy (non-hydrogen) atoms. The van der Waals surface area contributed by atoms with Crippen molar-refractivity contribution in [3.05, 3.63) is 0 Å². The van der Waals surface area contributed by atoms with E-state index >= 15 is 8.78 Å². The number of hydrogen-bond acceptors (Lipinski definition) is 13. The van der Waals surface area contributed by atoms with Crippen LogP contribution in [0.2, 0.25) is 68.5 Å². The summed E-state index contributed by atoms with van der Waals surface area (Å²) in [6, 6.07) is 0.846. The van der Waals surface area contributed by atoms with Crippen molar-refractivity contribution < 1.29 is 78.2 Å². The molecule has 1 saturated heterocycles. The Hall–Kier alpha value is 0.648. The van der Waals surface area contributed by atoms with Crippen molar-refractivity contribution in [3.8, 4) is 0 Å². The van der Waals surface area contributed by atoms with Crippen LogP contribution < -0.4 is 0 Å². The molecule has 0 amide bonds. The molecular weight excluding hydrogens is 812 g/mol. The average molecular weight is 873 g/mol. The quantitative estimate of drug-likeness (QED) is 0.0753. The molecule has 1 fully saturated rings. The number of alkyl halides is 5. The van der Waals surface area contributed by atoms with Gasteiger partial charge in [0.2, 0.25) is 0 Å². The van der Waals surface area contributed by atoms with Gasteiger partial charge in [-0.15, -0.1) is 0 Å². The summed E-state index contributed by atoms with van der Waals surface area (Å²) in [5.41, 5.74) is 0. The van der Waals surface area contributed by atoms with Crippen molar-refractivity contribution in [1.82, 2.24) is 0 Å². The summed E-state index contributed by atoms with van der Waals surface area (Å²) in [5.74, 6) is -4.16. The van der Waals surface area contributed by atoms with Gasteiger partial charge in [-0.25, -0.2) is 8.78 Å². The zero-order valence-corrected chi connectivity index (χ0v) is 39.5. The number of rotatable bonds is 24. The van der Waals surface area contributed by atoms with E-state index in [0.29, 0.717) is 43.4 Å². The Kier molecular flexibility index (Phi) is 19.7. The van der Waals surface area contributed by atoms with E-state index in [9.17, 15) is 13.2 Å². The van der Waals surface area contributed by atoms with Crippen LogP contribution >= 0.6 is 0 Å². The minimum absolute atomic E-state index is 0.259. The molecule has 0 aromatic rings. The lowest BCUT2D eigenvalue weighted by molar-refractivity contribution is -0.183. The maximum absolute atomic E-state index is 15.3. The number of halogens is 5. The molecule has 1 aliphatic rings. The maximum atomic E-state index is 15.3. The lowest BCUT2D eigenvalue weighted by Gasteiger charge is -2.51. The highest BCUT2D eigenvalue weighted by Crippen LogP contribution is 2.44. The SMILES string of the molecule is CO[Si](CCC[Si]1(C)O[Si](C)(CCC[Si](OC)(OC)OC)O[Si](C)(CC(F)(F)CC(F)(F)F)O[Si](C)(CCC[Si](OC)(OC)OC)O1)(OC)OC. The molecule has 306 valence electrons. The van der Waals surface area contributed by atoms with E-state index in [1.165, 1.54) is 70.5 Å². The molecule has 0 aliphatic carbocycles. The fourth-order valence-corrected chi connectivity index (χ4v) is 36.2. The van der Waals surface area contributed by atoms with E-state index in [2.05, 4.69) is 0 Å². The predicted molar refractivity (Wildman–Crippen MR) is 194 cm³/mol. The van der Waals surface area contributed by atoms with Gasteiger partial charge in [-0.2, -0.15) is 13.2 Å². The van der Waals surface area contributed by atoms with Crippen molar-refractivity contribution in [1.29, 1.82) is 0 Å². The second-order valence-corrected chi connectivity index (χ2v) is 36.7. The van der Waals surface area contributed by atoms with Crippen molar-refractivity contribution in [2.24, 2.45) is 0 Å². The maximum Gasteiger partial charge on any atom is 0.500 e. The monoisotopic (exact) mass is 872 g/mol. The van der Waals surface area contributed by atoms with Crippen LogP contribution in [-0.4, -0.2) is 137 Å². The number of hydrogen-bond donors (Lipinski definition) is 0. The second kappa shape index (κ2) is 20.2. The summed E-state index contributed by atoms with van der Waals surface area (Å²) in [6.45, 7) is 6.72. The topological polar surface area (TPSA) is 120 Å². The molecular formula is C26H61F5O13Si7. The van der Waals surface area contributed by atoms with Gasteiger partial charge in [-0.05, 0) is 63.6 Å². The van der Waals surface area contributed by atoms with Gasteiger partial charge in [0.25, 0.3) is 5.92 Å². The van der Waals surface area contributed by atoms with Gasteiger partial charge in [0.05, 0.1) is 6.04 Å². The molecule has 1 aliphatic heterocycles. The molecule has 0 radical (unpaired) electrons. The first-order chi connectivity index (χ1) is 23.4. The van der Waals surface area contributed by atoms with E-state index in [1.807, 2.05) is 6.55 Å². The predicted octanol–water partition coefficient (Wildman–Crippen LogP) is 6.75. The standard InChI is InChI=1S/C26H61F5O13Si7/c1-32-49(33-2,34-3)20-14-17-45(10)41-46(11,18-15-21-50(35-4,36-5)37-6)43-48(13,24-25(27,28)23-26(29,30)31)44-47(12,42-45)19-16-22-51(38-7,39-8)40-9/h14-24H2,1-13H3. The third kappa shape index (κ3) is 15.6. The van der Waals surface area contributed by atoms with E-state index in [4.69, 9.17) is 56.3 Å². The lowest BCUT2D eigenvalue weighted by atomic mass is 10.3. The minimum atomic E-state index is -5.11. The van der Waals surface area contributed by atoms with Crippen LogP contribution in [0.25, 0.3) is 0 Å². The van der Waals surface area contributed by atoms with E-state index in [-0.39, 0.29) is 12.1 Å². The summed E-state index contributed by atoms with van der Waals surface area (Å²) >= 11 is 0. The van der Waals surface area contributed by atoms with Gasteiger partial charge >= 0.3 is 66.8 Å². The Labute approximate surface area is 308 Å². The molecule has 2 unspecified atom stereocenters. The van der Waals surface area contributed by atoms with E-state index < -0.39 is 85.2 Å². The smallest absolute Gasteiger partial charge is 0.416 e. The van der Waals surface area contributed by atoms with Crippen LogP contribution in [-0.2, 0) is 56.3 Å². The molecule has 0 saturated carbocycles. The molecule has 25 heteroatoms. The van der Waals surface area contributed by atoms with E-state index in [1.54, 1.807) is 13.1 Å². The zero-order chi connectivity index (χ0) is 39.5. The van der Waals surface area contributed by atoms with Crippen LogP contribution in [0, 0.1) is 0 Å². The summed E-state index contributed by atoms with van der Waals surface area (Å²) in [7, 11) is -10.2. The Morgan fingerprint density at radius 3 is 0.882 bits per heavy atom.